The SMILES string of the molecule is CN=CC(=CN)Nc1nccc(-c2cc3c(cn2)C(N)CCCC3)n1. The third-order valence-electron chi connectivity index (χ3n) is 4.26. The average molecular weight is 337 g/mol. The molecule has 0 aromatic carbocycles. The number of aromatic nitrogens is 3. The number of nitrogens with one attached hydrogen (secondary N) is 1. The van der Waals surface area contributed by atoms with Crippen LogP contribution in [0.3, 0.4) is 0 Å². The molecule has 2 aromatic rings. The number of anilines is 1. The molecule has 130 valence electrons. The topological polar surface area (TPSA) is 115 Å². The summed E-state index contributed by atoms with van der Waals surface area (Å²) in [6.45, 7) is 0. The van der Waals surface area contributed by atoms with Crippen LogP contribution in [0.4, 0.5) is 5.95 Å². The van der Waals surface area contributed by atoms with Crippen LogP contribution in [0, 0.1) is 0 Å². The summed E-state index contributed by atoms with van der Waals surface area (Å²) in [5, 5.41) is 3.04. The zero-order valence-electron chi connectivity index (χ0n) is 14.3. The number of allylic oxidation sites excluding steroid dienone is 1. The third-order valence-corrected chi connectivity index (χ3v) is 4.26. The zero-order valence-corrected chi connectivity index (χ0v) is 14.3. The molecule has 7 heteroatoms. The van der Waals surface area contributed by atoms with Crippen molar-refractivity contribution in [1.29, 1.82) is 0 Å². The van der Waals surface area contributed by atoms with E-state index in [0.717, 1.165) is 42.6 Å². The zero-order chi connectivity index (χ0) is 17.6. The largest absolute Gasteiger partial charge is 0.403 e. The van der Waals surface area contributed by atoms with E-state index in [2.05, 4.69) is 31.3 Å². The minimum Gasteiger partial charge on any atom is -0.403 e. The summed E-state index contributed by atoms with van der Waals surface area (Å²) in [6.07, 6.45) is 11.0. The van der Waals surface area contributed by atoms with Gasteiger partial charge >= 0.3 is 0 Å². The number of aryl methyl sites for hydroxylation is 1. The van der Waals surface area contributed by atoms with Crippen LogP contribution in [0.2, 0.25) is 0 Å². The van der Waals surface area contributed by atoms with E-state index in [1.165, 1.54) is 11.8 Å². The Hall–Kier alpha value is -2.80. The fourth-order valence-electron chi connectivity index (χ4n) is 2.98. The molecule has 0 saturated heterocycles. The molecule has 0 spiro atoms. The van der Waals surface area contributed by atoms with Crippen molar-refractivity contribution in [3.8, 4) is 11.4 Å². The number of fused-ring (bicyclic) bond motifs is 1. The van der Waals surface area contributed by atoms with Gasteiger partial charge in [0.25, 0.3) is 0 Å². The van der Waals surface area contributed by atoms with Crippen LogP contribution in [0.15, 0.2) is 41.4 Å². The van der Waals surface area contributed by atoms with E-state index in [9.17, 15) is 0 Å². The van der Waals surface area contributed by atoms with E-state index >= 15 is 0 Å². The first-order chi connectivity index (χ1) is 12.2. The van der Waals surface area contributed by atoms with Gasteiger partial charge in [-0.2, -0.15) is 0 Å². The van der Waals surface area contributed by atoms with Crippen molar-refractivity contribution < 1.29 is 0 Å². The summed E-state index contributed by atoms with van der Waals surface area (Å²) in [5.41, 5.74) is 16.4. The molecule has 0 aliphatic heterocycles. The number of nitrogens with zero attached hydrogens (tertiary/aromatic N) is 4. The maximum Gasteiger partial charge on any atom is 0.227 e. The van der Waals surface area contributed by atoms with Crippen molar-refractivity contribution in [3.63, 3.8) is 0 Å². The predicted octanol–water partition coefficient (Wildman–Crippen LogP) is 2.18. The van der Waals surface area contributed by atoms with Gasteiger partial charge in [-0.05, 0) is 42.5 Å². The van der Waals surface area contributed by atoms with Crippen LogP contribution >= 0.6 is 0 Å². The van der Waals surface area contributed by atoms with Crippen molar-refractivity contribution in [1.82, 2.24) is 15.0 Å². The molecular formula is C18H23N7. The minimum atomic E-state index is 0.0762. The van der Waals surface area contributed by atoms with Crippen LogP contribution in [0.25, 0.3) is 11.4 Å². The maximum atomic E-state index is 6.25. The Morgan fingerprint density at radius 3 is 3.00 bits per heavy atom. The van der Waals surface area contributed by atoms with Crippen LogP contribution in [-0.4, -0.2) is 28.2 Å². The molecule has 3 rings (SSSR count). The Bertz CT molecular complexity index is 798. The fourth-order valence-corrected chi connectivity index (χ4v) is 2.98. The molecule has 2 aromatic heterocycles. The lowest BCUT2D eigenvalue weighted by Crippen LogP contribution is -2.11. The van der Waals surface area contributed by atoms with Gasteiger partial charge in [0.2, 0.25) is 5.95 Å². The van der Waals surface area contributed by atoms with Gasteiger partial charge in [0, 0.05) is 37.9 Å². The van der Waals surface area contributed by atoms with Gasteiger partial charge in [-0.3, -0.25) is 9.98 Å². The van der Waals surface area contributed by atoms with E-state index in [1.807, 2.05) is 12.3 Å². The van der Waals surface area contributed by atoms with Gasteiger partial charge in [0.05, 0.1) is 17.1 Å². The van der Waals surface area contributed by atoms with Gasteiger partial charge in [-0.25, -0.2) is 9.97 Å². The van der Waals surface area contributed by atoms with Crippen molar-refractivity contribution in [2.45, 2.75) is 31.7 Å². The summed E-state index contributed by atoms with van der Waals surface area (Å²) in [7, 11) is 1.67. The molecule has 1 atom stereocenters. The molecule has 25 heavy (non-hydrogen) atoms. The van der Waals surface area contributed by atoms with E-state index in [-0.39, 0.29) is 6.04 Å². The molecule has 0 fully saturated rings. The van der Waals surface area contributed by atoms with Crippen molar-refractivity contribution in [2.75, 3.05) is 12.4 Å². The van der Waals surface area contributed by atoms with Gasteiger partial charge in [0.1, 0.15) is 0 Å². The molecule has 7 nitrogen and oxygen atoms in total. The van der Waals surface area contributed by atoms with Gasteiger partial charge in [0.15, 0.2) is 0 Å². The molecule has 2 heterocycles. The maximum absolute atomic E-state index is 6.25. The Balaban J connectivity index is 1.90. The van der Waals surface area contributed by atoms with E-state index < -0.39 is 0 Å². The highest BCUT2D eigenvalue weighted by Crippen LogP contribution is 2.29. The van der Waals surface area contributed by atoms with Crippen molar-refractivity contribution in [2.24, 2.45) is 16.5 Å². The van der Waals surface area contributed by atoms with E-state index in [4.69, 9.17) is 11.5 Å². The minimum absolute atomic E-state index is 0.0762. The quantitative estimate of drug-likeness (QED) is 0.582. The first-order valence-electron chi connectivity index (χ1n) is 8.40. The summed E-state index contributed by atoms with van der Waals surface area (Å²) in [6, 6.07) is 4.02. The lowest BCUT2D eigenvalue weighted by molar-refractivity contribution is 0.614. The van der Waals surface area contributed by atoms with E-state index in [0.29, 0.717) is 11.6 Å². The second kappa shape index (κ2) is 7.85. The summed E-state index contributed by atoms with van der Waals surface area (Å²) >= 11 is 0. The van der Waals surface area contributed by atoms with Crippen LogP contribution in [-0.2, 0) is 6.42 Å². The van der Waals surface area contributed by atoms with Crippen LogP contribution in [0.1, 0.15) is 36.4 Å². The number of pyridine rings is 1. The fraction of sp³-hybridized carbons (Fsp3) is 0.333. The predicted molar refractivity (Wildman–Crippen MR) is 100 cm³/mol. The van der Waals surface area contributed by atoms with Gasteiger partial charge in [-0.15, -0.1) is 0 Å². The Kier molecular flexibility index (Phi) is 5.35. The smallest absolute Gasteiger partial charge is 0.227 e. The second-order valence-corrected chi connectivity index (χ2v) is 6.02. The third kappa shape index (κ3) is 4.00. The Morgan fingerprint density at radius 2 is 2.20 bits per heavy atom. The first-order valence-corrected chi connectivity index (χ1v) is 8.40. The van der Waals surface area contributed by atoms with Gasteiger partial charge in [-0.1, -0.05) is 6.42 Å². The molecule has 5 N–H and O–H groups in total. The summed E-state index contributed by atoms with van der Waals surface area (Å²) < 4.78 is 0. The molecule has 1 aliphatic carbocycles. The second-order valence-electron chi connectivity index (χ2n) is 6.02. The molecule has 0 saturated carbocycles. The lowest BCUT2D eigenvalue weighted by Gasteiger charge is -2.13. The number of hydrogen-bond acceptors (Lipinski definition) is 7. The van der Waals surface area contributed by atoms with Gasteiger partial charge < -0.3 is 16.8 Å². The Morgan fingerprint density at radius 1 is 1.32 bits per heavy atom. The highest BCUT2D eigenvalue weighted by molar-refractivity contribution is 5.82. The number of rotatable bonds is 4. The summed E-state index contributed by atoms with van der Waals surface area (Å²) in [5.74, 6) is 0.447. The number of hydrogen-bond donors (Lipinski definition) is 3. The highest BCUT2D eigenvalue weighted by atomic mass is 15.1. The summed E-state index contributed by atoms with van der Waals surface area (Å²) in [4.78, 5) is 17.3. The molecule has 0 amide bonds. The molecular weight excluding hydrogens is 314 g/mol. The Labute approximate surface area is 147 Å². The number of nitrogens with two attached hydrogens (primary N) is 2. The molecule has 1 aliphatic rings. The van der Waals surface area contributed by atoms with Crippen LogP contribution in [0.5, 0.6) is 0 Å². The molecule has 0 radical (unpaired) electrons. The highest BCUT2D eigenvalue weighted by Gasteiger charge is 2.17. The lowest BCUT2D eigenvalue weighted by atomic mass is 10.0. The van der Waals surface area contributed by atoms with Crippen LogP contribution < -0.4 is 16.8 Å². The average Bonchev–Trinajstić information content (AvgIpc) is 2.82. The van der Waals surface area contributed by atoms with E-state index in [1.54, 1.807) is 19.5 Å². The molecule has 0 bridgehead atoms. The monoisotopic (exact) mass is 337 g/mol. The standard InChI is InChI=1S/C18H23N7/c1-21-10-13(9-19)24-18-22-7-6-16(25-18)17-8-12-4-2-3-5-15(20)14(12)11-23-17/h6-11,15H,2-5,19-20H2,1H3,(H,22,24,25). The first kappa shape index (κ1) is 17.0. The molecule has 1 unspecified atom stereocenters. The van der Waals surface area contributed by atoms with Crippen molar-refractivity contribution >= 4 is 12.2 Å². The number of aliphatic imine (C=N–C) groups is 1. The van der Waals surface area contributed by atoms with Crippen molar-refractivity contribution in [3.05, 3.63) is 47.6 Å². The normalized spacial score (nSPS) is 18.0.